The molecule has 21 heavy (non-hydrogen) atoms. The highest BCUT2D eigenvalue weighted by Crippen LogP contribution is 2.30. The lowest BCUT2D eigenvalue weighted by Gasteiger charge is -2.22. The molecular formula is C19H25NS. The van der Waals surface area contributed by atoms with Crippen LogP contribution in [0.3, 0.4) is 0 Å². The van der Waals surface area contributed by atoms with Crippen molar-refractivity contribution in [3.8, 4) is 0 Å². The molecule has 2 heteroatoms. The summed E-state index contributed by atoms with van der Waals surface area (Å²) in [6, 6.07) is 19.8. The number of thioether (sulfide) groups is 1. The summed E-state index contributed by atoms with van der Waals surface area (Å²) >= 11 is 1.80. The molecule has 2 aromatic rings. The van der Waals surface area contributed by atoms with Crippen molar-refractivity contribution in [3.05, 3.63) is 60.2 Å². The lowest BCUT2D eigenvalue weighted by molar-refractivity contribution is 0.605. The standard InChI is InChI=1S/C19H25NS/c1-3-4-6-13-17(16-11-7-5-8-12-16)20-18-14-9-10-15-19(18)21-2/h5,7-12,14-15,17,20H,3-4,6,13H2,1-2H3. The van der Waals surface area contributed by atoms with Gasteiger partial charge >= 0.3 is 0 Å². The van der Waals surface area contributed by atoms with E-state index in [1.807, 2.05) is 0 Å². The maximum absolute atomic E-state index is 3.75. The van der Waals surface area contributed by atoms with Gasteiger partial charge in [0.15, 0.2) is 0 Å². The van der Waals surface area contributed by atoms with E-state index < -0.39 is 0 Å². The Bertz CT molecular complexity index is 524. The van der Waals surface area contributed by atoms with E-state index >= 15 is 0 Å². The Morgan fingerprint density at radius 1 is 0.952 bits per heavy atom. The minimum atomic E-state index is 0.394. The van der Waals surface area contributed by atoms with Crippen molar-refractivity contribution in [2.75, 3.05) is 11.6 Å². The predicted octanol–water partition coefficient (Wildman–Crippen LogP) is 6.14. The van der Waals surface area contributed by atoms with E-state index in [0.717, 1.165) is 0 Å². The molecule has 1 N–H and O–H groups in total. The largest absolute Gasteiger partial charge is 0.377 e. The number of para-hydroxylation sites is 1. The molecule has 0 radical (unpaired) electrons. The Labute approximate surface area is 133 Å². The summed E-state index contributed by atoms with van der Waals surface area (Å²) in [7, 11) is 0. The molecule has 0 aromatic heterocycles. The lowest BCUT2D eigenvalue weighted by Crippen LogP contribution is -2.11. The van der Waals surface area contributed by atoms with Crippen LogP contribution in [0.5, 0.6) is 0 Å². The first-order valence-electron chi connectivity index (χ1n) is 7.79. The normalized spacial score (nSPS) is 12.1. The van der Waals surface area contributed by atoms with E-state index in [1.165, 1.54) is 41.8 Å². The zero-order valence-electron chi connectivity index (χ0n) is 13.0. The summed E-state index contributed by atoms with van der Waals surface area (Å²) in [6.07, 6.45) is 7.15. The molecule has 0 aliphatic rings. The minimum absolute atomic E-state index is 0.394. The smallest absolute Gasteiger partial charge is 0.0514 e. The van der Waals surface area contributed by atoms with Gasteiger partial charge in [0.05, 0.1) is 6.04 Å². The van der Waals surface area contributed by atoms with Crippen molar-refractivity contribution in [3.63, 3.8) is 0 Å². The van der Waals surface area contributed by atoms with Gasteiger partial charge in [-0.15, -0.1) is 11.8 Å². The third-order valence-electron chi connectivity index (χ3n) is 3.74. The van der Waals surface area contributed by atoms with Gasteiger partial charge in [0, 0.05) is 10.6 Å². The van der Waals surface area contributed by atoms with Gasteiger partial charge < -0.3 is 5.32 Å². The molecule has 2 rings (SSSR count). The summed E-state index contributed by atoms with van der Waals surface area (Å²) in [5, 5.41) is 3.75. The van der Waals surface area contributed by atoms with Gasteiger partial charge in [0.2, 0.25) is 0 Å². The molecule has 0 heterocycles. The van der Waals surface area contributed by atoms with E-state index in [0.29, 0.717) is 6.04 Å². The van der Waals surface area contributed by atoms with Gasteiger partial charge in [-0.05, 0) is 30.4 Å². The van der Waals surface area contributed by atoms with Gasteiger partial charge in [0.1, 0.15) is 0 Å². The summed E-state index contributed by atoms with van der Waals surface area (Å²) in [4.78, 5) is 1.31. The van der Waals surface area contributed by atoms with Crippen LogP contribution >= 0.6 is 11.8 Å². The number of rotatable bonds is 8. The van der Waals surface area contributed by atoms with Crippen LogP contribution in [0.15, 0.2) is 59.5 Å². The summed E-state index contributed by atoms with van der Waals surface area (Å²) in [5.74, 6) is 0. The van der Waals surface area contributed by atoms with Crippen molar-refractivity contribution in [2.45, 2.75) is 43.5 Å². The Morgan fingerprint density at radius 3 is 2.38 bits per heavy atom. The molecule has 0 amide bonds. The topological polar surface area (TPSA) is 12.0 Å². The molecule has 0 saturated carbocycles. The average molecular weight is 299 g/mol. The van der Waals surface area contributed by atoms with E-state index in [1.54, 1.807) is 11.8 Å². The van der Waals surface area contributed by atoms with Gasteiger partial charge in [0.25, 0.3) is 0 Å². The molecule has 0 aliphatic carbocycles. The van der Waals surface area contributed by atoms with E-state index in [2.05, 4.69) is 73.1 Å². The second-order valence-corrected chi connectivity index (χ2v) is 6.15. The molecule has 0 bridgehead atoms. The number of nitrogens with one attached hydrogen (secondary N) is 1. The third kappa shape index (κ3) is 4.82. The van der Waals surface area contributed by atoms with E-state index in [9.17, 15) is 0 Å². The highest BCUT2D eigenvalue weighted by Gasteiger charge is 2.12. The highest BCUT2D eigenvalue weighted by molar-refractivity contribution is 7.98. The average Bonchev–Trinajstić information content (AvgIpc) is 2.55. The van der Waals surface area contributed by atoms with Gasteiger partial charge in [-0.2, -0.15) is 0 Å². The fourth-order valence-corrected chi connectivity index (χ4v) is 3.12. The summed E-state index contributed by atoms with van der Waals surface area (Å²) in [6.45, 7) is 2.26. The molecule has 0 aliphatic heterocycles. The zero-order chi connectivity index (χ0) is 14.9. The van der Waals surface area contributed by atoms with Crippen LogP contribution in [-0.4, -0.2) is 6.26 Å². The third-order valence-corrected chi connectivity index (χ3v) is 4.53. The van der Waals surface area contributed by atoms with Gasteiger partial charge in [-0.3, -0.25) is 0 Å². The van der Waals surface area contributed by atoms with Crippen molar-refractivity contribution < 1.29 is 0 Å². The van der Waals surface area contributed by atoms with Crippen LogP contribution in [-0.2, 0) is 0 Å². The van der Waals surface area contributed by atoms with Crippen LogP contribution in [0.4, 0.5) is 5.69 Å². The highest BCUT2D eigenvalue weighted by atomic mass is 32.2. The molecule has 1 atom stereocenters. The van der Waals surface area contributed by atoms with Crippen LogP contribution in [0, 0.1) is 0 Å². The fourth-order valence-electron chi connectivity index (χ4n) is 2.56. The van der Waals surface area contributed by atoms with Gasteiger partial charge in [-0.1, -0.05) is 68.7 Å². The first kappa shape index (κ1) is 16.0. The molecule has 0 saturated heterocycles. The quantitative estimate of drug-likeness (QED) is 0.464. The summed E-state index contributed by atoms with van der Waals surface area (Å²) < 4.78 is 0. The number of unbranched alkanes of at least 4 members (excludes halogenated alkanes) is 2. The molecule has 2 aromatic carbocycles. The minimum Gasteiger partial charge on any atom is -0.377 e. The van der Waals surface area contributed by atoms with E-state index in [4.69, 9.17) is 0 Å². The van der Waals surface area contributed by atoms with E-state index in [-0.39, 0.29) is 0 Å². The predicted molar refractivity (Wildman–Crippen MR) is 95.2 cm³/mol. The number of hydrogen-bond acceptors (Lipinski definition) is 2. The first-order valence-corrected chi connectivity index (χ1v) is 9.02. The maximum atomic E-state index is 3.75. The Balaban J connectivity index is 2.15. The summed E-state index contributed by atoms with van der Waals surface area (Å²) in [5.41, 5.74) is 2.62. The first-order chi connectivity index (χ1) is 10.3. The lowest BCUT2D eigenvalue weighted by atomic mass is 10.00. The molecule has 112 valence electrons. The van der Waals surface area contributed by atoms with Crippen molar-refractivity contribution in [1.82, 2.24) is 0 Å². The molecule has 0 spiro atoms. The second-order valence-electron chi connectivity index (χ2n) is 5.30. The van der Waals surface area contributed by atoms with Gasteiger partial charge in [-0.25, -0.2) is 0 Å². The van der Waals surface area contributed by atoms with Crippen molar-refractivity contribution in [1.29, 1.82) is 0 Å². The van der Waals surface area contributed by atoms with Crippen molar-refractivity contribution in [2.24, 2.45) is 0 Å². The molecule has 1 unspecified atom stereocenters. The maximum Gasteiger partial charge on any atom is 0.0514 e. The Hall–Kier alpha value is -1.41. The molecular weight excluding hydrogens is 274 g/mol. The number of hydrogen-bond donors (Lipinski definition) is 1. The SMILES string of the molecule is CCCCCC(Nc1ccccc1SC)c1ccccc1. The Kier molecular flexibility index (Phi) is 6.68. The van der Waals surface area contributed by atoms with Crippen LogP contribution in [0.25, 0.3) is 0 Å². The number of benzene rings is 2. The second kappa shape index (κ2) is 8.78. The van der Waals surface area contributed by atoms with Crippen molar-refractivity contribution >= 4 is 17.4 Å². The zero-order valence-corrected chi connectivity index (χ0v) is 13.8. The fraction of sp³-hybridized carbons (Fsp3) is 0.368. The van der Waals surface area contributed by atoms with Crippen LogP contribution < -0.4 is 5.32 Å². The van der Waals surface area contributed by atoms with Crippen LogP contribution in [0.2, 0.25) is 0 Å². The molecule has 0 fully saturated rings. The monoisotopic (exact) mass is 299 g/mol. The number of anilines is 1. The van der Waals surface area contributed by atoms with Crippen LogP contribution in [0.1, 0.15) is 44.2 Å². The Morgan fingerprint density at radius 2 is 1.67 bits per heavy atom. The molecule has 1 nitrogen and oxygen atoms in total.